The van der Waals surface area contributed by atoms with Crippen LogP contribution in [0.3, 0.4) is 0 Å². The second-order valence-electron chi connectivity index (χ2n) is 6.50. The van der Waals surface area contributed by atoms with Crippen LogP contribution in [0.15, 0.2) is 46.7 Å². The van der Waals surface area contributed by atoms with Crippen LogP contribution in [0.2, 0.25) is 4.34 Å². The Labute approximate surface area is 181 Å². The summed E-state index contributed by atoms with van der Waals surface area (Å²) in [7, 11) is -3.52. The van der Waals surface area contributed by atoms with Crippen molar-refractivity contribution in [3.8, 4) is 0 Å². The van der Waals surface area contributed by atoms with E-state index in [0.29, 0.717) is 41.0 Å². The molecule has 0 saturated carbocycles. The lowest BCUT2D eigenvalue weighted by Crippen LogP contribution is -2.37. The van der Waals surface area contributed by atoms with E-state index in [4.69, 9.17) is 11.6 Å². The SMILES string of the molecule is O=C(Nc1ccccc1)c1nnc(C2CCN(S(=O)(=O)c3ccc(Cl)s3)CC2)s1. The molecular weight excluding hydrogens is 452 g/mol. The zero-order valence-electron chi connectivity index (χ0n) is 15.1. The van der Waals surface area contributed by atoms with Crippen molar-refractivity contribution in [2.45, 2.75) is 23.0 Å². The Hall–Kier alpha value is -1.85. The number of nitrogens with one attached hydrogen (secondary N) is 1. The number of amides is 1. The summed E-state index contributed by atoms with van der Waals surface area (Å²) in [6.45, 7) is 0.793. The number of rotatable bonds is 5. The molecule has 2 aromatic heterocycles. The Morgan fingerprint density at radius 2 is 1.79 bits per heavy atom. The van der Waals surface area contributed by atoms with Gasteiger partial charge in [0.05, 0.1) is 4.34 Å². The van der Waals surface area contributed by atoms with Gasteiger partial charge in [0, 0.05) is 24.7 Å². The van der Waals surface area contributed by atoms with Crippen LogP contribution >= 0.6 is 34.3 Å². The van der Waals surface area contributed by atoms with Gasteiger partial charge in [-0.15, -0.1) is 21.5 Å². The normalized spacial score (nSPS) is 16.0. The molecule has 0 unspecified atom stereocenters. The zero-order chi connectivity index (χ0) is 20.4. The monoisotopic (exact) mass is 468 g/mol. The fraction of sp³-hybridized carbons (Fsp3) is 0.278. The third kappa shape index (κ3) is 4.51. The lowest BCUT2D eigenvalue weighted by molar-refractivity contribution is 0.102. The van der Waals surface area contributed by atoms with Crippen molar-refractivity contribution >= 4 is 55.9 Å². The molecule has 1 aromatic carbocycles. The number of para-hydroxylation sites is 1. The standard InChI is InChI=1S/C18H17ClN4O3S3/c19-14-6-7-15(27-14)29(25,26)23-10-8-12(9-11-23)17-21-22-18(28-17)16(24)20-13-4-2-1-3-5-13/h1-7,12H,8-11H2,(H,20,24). The maximum Gasteiger partial charge on any atom is 0.286 e. The van der Waals surface area contributed by atoms with E-state index in [0.717, 1.165) is 16.3 Å². The highest BCUT2D eigenvalue weighted by Crippen LogP contribution is 2.34. The van der Waals surface area contributed by atoms with Crippen LogP contribution in [0.25, 0.3) is 0 Å². The number of hydrogen-bond acceptors (Lipinski definition) is 7. The van der Waals surface area contributed by atoms with Crippen LogP contribution in [0.5, 0.6) is 0 Å². The van der Waals surface area contributed by atoms with Crippen LogP contribution in [-0.2, 0) is 10.0 Å². The third-order valence-corrected chi connectivity index (χ3v) is 9.29. The van der Waals surface area contributed by atoms with Gasteiger partial charge < -0.3 is 5.32 Å². The van der Waals surface area contributed by atoms with Crippen molar-refractivity contribution in [3.63, 3.8) is 0 Å². The Bertz CT molecular complexity index is 1110. The van der Waals surface area contributed by atoms with Gasteiger partial charge in [0.15, 0.2) is 0 Å². The average molecular weight is 469 g/mol. The number of aromatic nitrogens is 2. The molecule has 4 rings (SSSR count). The molecular formula is C18H17ClN4O3S3. The number of thiophene rings is 1. The largest absolute Gasteiger partial charge is 0.320 e. The number of nitrogens with zero attached hydrogens (tertiary/aromatic N) is 3. The lowest BCUT2D eigenvalue weighted by Gasteiger charge is -2.29. The second kappa shape index (κ2) is 8.49. The molecule has 1 aliphatic heterocycles. The topological polar surface area (TPSA) is 92.3 Å². The van der Waals surface area contributed by atoms with Gasteiger partial charge in [-0.2, -0.15) is 4.31 Å². The number of hydrogen-bond donors (Lipinski definition) is 1. The number of piperidine rings is 1. The summed E-state index contributed by atoms with van der Waals surface area (Å²) in [5.41, 5.74) is 0.696. The molecule has 0 radical (unpaired) electrons. The van der Waals surface area contributed by atoms with E-state index in [-0.39, 0.29) is 16.0 Å². The number of carbonyl (C=O) groups excluding carboxylic acids is 1. The van der Waals surface area contributed by atoms with Crippen molar-refractivity contribution in [1.29, 1.82) is 0 Å². The molecule has 29 heavy (non-hydrogen) atoms. The first kappa shape index (κ1) is 20.4. The zero-order valence-corrected chi connectivity index (χ0v) is 18.3. The number of anilines is 1. The number of benzene rings is 1. The molecule has 0 spiro atoms. The van der Waals surface area contributed by atoms with Gasteiger partial charge in [-0.1, -0.05) is 41.1 Å². The van der Waals surface area contributed by atoms with Crippen LogP contribution in [0, 0.1) is 0 Å². The van der Waals surface area contributed by atoms with Crippen molar-refractivity contribution in [3.05, 3.63) is 56.8 Å². The molecule has 11 heteroatoms. The van der Waals surface area contributed by atoms with E-state index in [1.807, 2.05) is 18.2 Å². The Morgan fingerprint density at radius 1 is 1.07 bits per heavy atom. The van der Waals surface area contributed by atoms with E-state index in [2.05, 4.69) is 15.5 Å². The molecule has 0 atom stereocenters. The predicted molar refractivity (Wildman–Crippen MR) is 114 cm³/mol. The van der Waals surface area contributed by atoms with E-state index in [1.54, 1.807) is 18.2 Å². The summed E-state index contributed by atoms with van der Waals surface area (Å²) < 4.78 is 27.6. The third-order valence-electron chi connectivity index (χ3n) is 4.61. The molecule has 0 aliphatic carbocycles. The van der Waals surface area contributed by atoms with E-state index < -0.39 is 10.0 Å². The van der Waals surface area contributed by atoms with Crippen molar-refractivity contribution in [1.82, 2.24) is 14.5 Å². The van der Waals surface area contributed by atoms with E-state index >= 15 is 0 Å². The molecule has 7 nitrogen and oxygen atoms in total. The Morgan fingerprint density at radius 3 is 2.45 bits per heavy atom. The Kier molecular flexibility index (Phi) is 5.98. The quantitative estimate of drug-likeness (QED) is 0.609. The van der Waals surface area contributed by atoms with Crippen molar-refractivity contribution in [2.24, 2.45) is 0 Å². The van der Waals surface area contributed by atoms with Crippen molar-refractivity contribution in [2.75, 3.05) is 18.4 Å². The van der Waals surface area contributed by atoms with E-state index in [9.17, 15) is 13.2 Å². The molecule has 1 N–H and O–H groups in total. The fourth-order valence-electron chi connectivity index (χ4n) is 3.10. The minimum atomic E-state index is -3.52. The van der Waals surface area contributed by atoms with Gasteiger partial charge in [-0.3, -0.25) is 4.79 Å². The number of carbonyl (C=O) groups is 1. The second-order valence-corrected chi connectivity index (χ2v) is 11.4. The maximum atomic E-state index is 12.7. The van der Waals surface area contributed by atoms with Gasteiger partial charge in [0.2, 0.25) is 5.01 Å². The van der Waals surface area contributed by atoms with Crippen molar-refractivity contribution < 1.29 is 13.2 Å². The van der Waals surface area contributed by atoms with Gasteiger partial charge in [-0.05, 0) is 37.1 Å². The number of sulfonamides is 1. The molecule has 1 aliphatic rings. The predicted octanol–water partition coefficient (Wildman–Crippen LogP) is 4.07. The molecule has 1 saturated heterocycles. The van der Waals surface area contributed by atoms with Gasteiger partial charge in [0.25, 0.3) is 15.9 Å². The highest BCUT2D eigenvalue weighted by Gasteiger charge is 2.32. The minimum Gasteiger partial charge on any atom is -0.320 e. The van der Waals surface area contributed by atoms with Crippen LogP contribution in [0.4, 0.5) is 5.69 Å². The maximum absolute atomic E-state index is 12.7. The average Bonchev–Trinajstić information content (AvgIpc) is 3.39. The summed E-state index contributed by atoms with van der Waals surface area (Å²) >= 11 is 8.20. The van der Waals surface area contributed by atoms with E-state index in [1.165, 1.54) is 21.7 Å². The number of halogens is 1. The molecule has 1 fully saturated rings. The Balaban J connectivity index is 1.39. The van der Waals surface area contributed by atoms with Crippen LogP contribution < -0.4 is 5.32 Å². The summed E-state index contributed by atoms with van der Waals surface area (Å²) in [4.78, 5) is 12.4. The highest BCUT2D eigenvalue weighted by atomic mass is 35.5. The van der Waals surface area contributed by atoms with Gasteiger partial charge in [0.1, 0.15) is 9.22 Å². The first-order valence-corrected chi connectivity index (χ1v) is 12.3. The fourth-order valence-corrected chi connectivity index (χ4v) is 7.12. The lowest BCUT2D eigenvalue weighted by atomic mass is 9.99. The molecule has 0 bridgehead atoms. The highest BCUT2D eigenvalue weighted by molar-refractivity contribution is 7.91. The molecule has 1 amide bonds. The molecule has 3 heterocycles. The first-order valence-electron chi connectivity index (χ1n) is 8.89. The first-order chi connectivity index (χ1) is 13.9. The summed E-state index contributed by atoms with van der Waals surface area (Å²) in [6.07, 6.45) is 1.26. The van der Waals surface area contributed by atoms with Crippen LogP contribution in [-0.4, -0.2) is 41.9 Å². The summed E-state index contributed by atoms with van der Waals surface area (Å²) in [5.74, 6) is -0.210. The molecule has 3 aromatic rings. The summed E-state index contributed by atoms with van der Waals surface area (Å²) in [6, 6.07) is 12.3. The molecule has 152 valence electrons. The summed E-state index contributed by atoms with van der Waals surface area (Å²) in [5, 5.41) is 12.0. The van der Waals surface area contributed by atoms with Crippen LogP contribution in [0.1, 0.15) is 33.6 Å². The smallest absolute Gasteiger partial charge is 0.286 e. The van der Waals surface area contributed by atoms with Gasteiger partial charge in [-0.25, -0.2) is 8.42 Å². The van der Waals surface area contributed by atoms with Gasteiger partial charge >= 0.3 is 0 Å². The minimum absolute atomic E-state index is 0.0872.